The molecule has 0 bridgehead atoms. The van der Waals surface area contributed by atoms with Crippen molar-refractivity contribution in [1.82, 2.24) is 5.32 Å². The van der Waals surface area contributed by atoms with Crippen molar-refractivity contribution >= 4 is 0 Å². The maximum Gasteiger partial charge on any atom is 0.0213 e. The standard InChI is InChI=1S/C16H19N/c1-13-7-6-8-14(2)16(13)12-17-11-15-9-4-3-5-10-15/h3-10,17H,11-12H2,1-2H3. The average molecular weight is 225 g/mol. The minimum Gasteiger partial charge on any atom is -0.309 e. The van der Waals surface area contributed by atoms with Gasteiger partial charge in [-0.1, -0.05) is 48.5 Å². The average Bonchev–Trinajstić information content (AvgIpc) is 2.34. The molecule has 0 aromatic heterocycles. The van der Waals surface area contributed by atoms with Crippen LogP contribution in [0.3, 0.4) is 0 Å². The molecule has 0 aliphatic rings. The van der Waals surface area contributed by atoms with Crippen molar-refractivity contribution in [2.75, 3.05) is 0 Å². The van der Waals surface area contributed by atoms with E-state index >= 15 is 0 Å². The van der Waals surface area contributed by atoms with Crippen molar-refractivity contribution < 1.29 is 0 Å². The Morgan fingerprint density at radius 2 is 1.41 bits per heavy atom. The quantitative estimate of drug-likeness (QED) is 0.838. The van der Waals surface area contributed by atoms with Gasteiger partial charge in [-0.2, -0.15) is 0 Å². The van der Waals surface area contributed by atoms with E-state index < -0.39 is 0 Å². The van der Waals surface area contributed by atoms with Crippen LogP contribution in [-0.2, 0) is 13.1 Å². The Kier molecular flexibility index (Phi) is 3.94. The second-order valence-electron chi connectivity index (χ2n) is 4.46. The first-order valence-corrected chi connectivity index (χ1v) is 6.07. The van der Waals surface area contributed by atoms with Crippen molar-refractivity contribution in [3.8, 4) is 0 Å². The lowest BCUT2D eigenvalue weighted by Crippen LogP contribution is -2.14. The van der Waals surface area contributed by atoms with Crippen LogP contribution in [0.1, 0.15) is 22.3 Å². The van der Waals surface area contributed by atoms with Crippen LogP contribution in [0.2, 0.25) is 0 Å². The molecule has 0 aliphatic heterocycles. The fourth-order valence-corrected chi connectivity index (χ4v) is 2.06. The van der Waals surface area contributed by atoms with Crippen LogP contribution >= 0.6 is 0 Å². The smallest absolute Gasteiger partial charge is 0.0213 e. The number of hydrogen-bond acceptors (Lipinski definition) is 1. The zero-order valence-corrected chi connectivity index (χ0v) is 10.5. The number of benzene rings is 2. The first-order chi connectivity index (χ1) is 8.27. The molecule has 17 heavy (non-hydrogen) atoms. The molecule has 0 spiro atoms. The summed E-state index contributed by atoms with van der Waals surface area (Å²) < 4.78 is 0. The first-order valence-electron chi connectivity index (χ1n) is 6.07. The molecular formula is C16H19N. The van der Waals surface area contributed by atoms with Gasteiger partial charge in [0.05, 0.1) is 0 Å². The van der Waals surface area contributed by atoms with Gasteiger partial charge < -0.3 is 5.32 Å². The van der Waals surface area contributed by atoms with E-state index in [4.69, 9.17) is 0 Å². The SMILES string of the molecule is Cc1cccc(C)c1CNCc1ccccc1. The predicted molar refractivity (Wildman–Crippen MR) is 72.9 cm³/mol. The summed E-state index contributed by atoms with van der Waals surface area (Å²) in [5.41, 5.74) is 5.48. The van der Waals surface area contributed by atoms with Crippen LogP contribution in [0.25, 0.3) is 0 Å². The molecular weight excluding hydrogens is 206 g/mol. The van der Waals surface area contributed by atoms with Gasteiger partial charge in [-0.3, -0.25) is 0 Å². The summed E-state index contributed by atoms with van der Waals surface area (Å²) in [6.07, 6.45) is 0. The van der Waals surface area contributed by atoms with Gasteiger partial charge in [0.15, 0.2) is 0 Å². The summed E-state index contributed by atoms with van der Waals surface area (Å²) in [5.74, 6) is 0. The Bertz CT molecular complexity index is 454. The summed E-state index contributed by atoms with van der Waals surface area (Å²) in [5, 5.41) is 3.50. The van der Waals surface area contributed by atoms with Gasteiger partial charge in [0.25, 0.3) is 0 Å². The van der Waals surface area contributed by atoms with Crippen LogP contribution in [0, 0.1) is 13.8 Å². The third-order valence-corrected chi connectivity index (χ3v) is 3.12. The molecule has 2 rings (SSSR count). The Hall–Kier alpha value is -1.60. The van der Waals surface area contributed by atoms with E-state index in [-0.39, 0.29) is 0 Å². The molecule has 0 aliphatic carbocycles. The number of nitrogens with one attached hydrogen (secondary N) is 1. The van der Waals surface area contributed by atoms with Crippen LogP contribution in [0.5, 0.6) is 0 Å². The van der Waals surface area contributed by atoms with Crippen molar-refractivity contribution in [1.29, 1.82) is 0 Å². The Morgan fingerprint density at radius 3 is 2.06 bits per heavy atom. The van der Waals surface area contributed by atoms with Gasteiger partial charge in [-0.25, -0.2) is 0 Å². The van der Waals surface area contributed by atoms with E-state index in [9.17, 15) is 0 Å². The Labute approximate surface area is 103 Å². The van der Waals surface area contributed by atoms with E-state index in [0.717, 1.165) is 13.1 Å². The van der Waals surface area contributed by atoms with E-state index in [1.165, 1.54) is 22.3 Å². The summed E-state index contributed by atoms with van der Waals surface area (Å²) >= 11 is 0. The topological polar surface area (TPSA) is 12.0 Å². The van der Waals surface area contributed by atoms with Crippen molar-refractivity contribution in [2.24, 2.45) is 0 Å². The highest BCUT2D eigenvalue weighted by Crippen LogP contribution is 2.12. The molecule has 1 heteroatoms. The van der Waals surface area contributed by atoms with Crippen LogP contribution in [-0.4, -0.2) is 0 Å². The number of hydrogen-bond donors (Lipinski definition) is 1. The Balaban J connectivity index is 1.95. The second kappa shape index (κ2) is 5.65. The molecule has 0 unspecified atom stereocenters. The highest BCUT2D eigenvalue weighted by atomic mass is 14.8. The van der Waals surface area contributed by atoms with E-state index in [0.29, 0.717) is 0 Å². The molecule has 0 saturated carbocycles. The summed E-state index contributed by atoms with van der Waals surface area (Å²) in [4.78, 5) is 0. The minimum absolute atomic E-state index is 0.925. The third kappa shape index (κ3) is 3.18. The third-order valence-electron chi connectivity index (χ3n) is 3.12. The van der Waals surface area contributed by atoms with Crippen LogP contribution < -0.4 is 5.32 Å². The summed E-state index contributed by atoms with van der Waals surface area (Å²) in [6.45, 7) is 6.21. The van der Waals surface area contributed by atoms with E-state index in [1.807, 2.05) is 0 Å². The molecule has 1 nitrogen and oxygen atoms in total. The zero-order valence-electron chi connectivity index (χ0n) is 10.5. The monoisotopic (exact) mass is 225 g/mol. The van der Waals surface area contributed by atoms with E-state index in [2.05, 4.69) is 67.7 Å². The molecule has 0 fully saturated rings. The molecule has 0 heterocycles. The van der Waals surface area contributed by atoms with Gasteiger partial charge in [0.1, 0.15) is 0 Å². The lowest BCUT2D eigenvalue weighted by atomic mass is 10.0. The normalized spacial score (nSPS) is 10.5. The molecule has 1 N–H and O–H groups in total. The molecule has 2 aromatic carbocycles. The molecule has 0 atom stereocenters. The number of aryl methyl sites for hydroxylation is 2. The molecule has 0 saturated heterocycles. The maximum atomic E-state index is 3.50. The molecule has 2 aromatic rings. The zero-order chi connectivity index (χ0) is 12.1. The van der Waals surface area contributed by atoms with Crippen molar-refractivity contribution in [2.45, 2.75) is 26.9 Å². The van der Waals surface area contributed by atoms with Crippen LogP contribution in [0.4, 0.5) is 0 Å². The van der Waals surface area contributed by atoms with Crippen molar-refractivity contribution in [3.05, 3.63) is 70.8 Å². The molecule has 0 radical (unpaired) electrons. The first kappa shape index (κ1) is 11.9. The van der Waals surface area contributed by atoms with Gasteiger partial charge in [0, 0.05) is 13.1 Å². The Morgan fingerprint density at radius 1 is 0.765 bits per heavy atom. The predicted octanol–water partition coefficient (Wildman–Crippen LogP) is 3.59. The maximum absolute atomic E-state index is 3.50. The largest absolute Gasteiger partial charge is 0.309 e. The lowest BCUT2D eigenvalue weighted by Gasteiger charge is -2.10. The summed E-state index contributed by atoms with van der Waals surface area (Å²) in [7, 11) is 0. The molecule has 88 valence electrons. The van der Waals surface area contributed by atoms with Gasteiger partial charge in [0.2, 0.25) is 0 Å². The number of rotatable bonds is 4. The van der Waals surface area contributed by atoms with Crippen LogP contribution in [0.15, 0.2) is 48.5 Å². The van der Waals surface area contributed by atoms with Gasteiger partial charge >= 0.3 is 0 Å². The van der Waals surface area contributed by atoms with Gasteiger partial charge in [-0.05, 0) is 36.1 Å². The van der Waals surface area contributed by atoms with Crippen molar-refractivity contribution in [3.63, 3.8) is 0 Å². The highest BCUT2D eigenvalue weighted by Gasteiger charge is 2.01. The second-order valence-corrected chi connectivity index (χ2v) is 4.46. The summed E-state index contributed by atoms with van der Waals surface area (Å²) in [6, 6.07) is 17.0. The minimum atomic E-state index is 0.925. The highest BCUT2D eigenvalue weighted by molar-refractivity contribution is 5.33. The van der Waals surface area contributed by atoms with E-state index in [1.54, 1.807) is 0 Å². The fraction of sp³-hybridized carbons (Fsp3) is 0.250. The van der Waals surface area contributed by atoms with Gasteiger partial charge in [-0.15, -0.1) is 0 Å². The fourth-order valence-electron chi connectivity index (χ4n) is 2.06. The molecule has 0 amide bonds. The lowest BCUT2D eigenvalue weighted by molar-refractivity contribution is 0.688.